The van der Waals surface area contributed by atoms with Crippen molar-refractivity contribution in [2.45, 2.75) is 204 Å². The normalized spacial score (nSPS) is 11.4. The smallest absolute Gasteiger partial charge is 0.231 e. The maximum Gasteiger partial charge on any atom is 0.231 e. The van der Waals surface area contributed by atoms with Crippen molar-refractivity contribution in [3.8, 4) is 56.3 Å². The van der Waals surface area contributed by atoms with E-state index in [-0.39, 0.29) is 0 Å². The molecule has 0 saturated carbocycles. The van der Waals surface area contributed by atoms with Crippen molar-refractivity contribution in [1.29, 1.82) is 0 Å². The second-order valence-electron chi connectivity index (χ2n) is 35.4. The van der Waals surface area contributed by atoms with Crippen LogP contribution in [0.5, 0.6) is 0 Å². The predicted molar refractivity (Wildman–Crippen MR) is 494 cm³/mol. The van der Waals surface area contributed by atoms with Crippen molar-refractivity contribution in [1.82, 2.24) is 19.9 Å². The van der Waals surface area contributed by atoms with Gasteiger partial charge in [-0.1, -0.05) is 152 Å². The molecule has 7 heterocycles. The number of hydrogen-bond donors (Lipinski definition) is 0. The molecule has 0 saturated heterocycles. The molecule has 8 aromatic carbocycles. The van der Waals surface area contributed by atoms with Gasteiger partial charge >= 0.3 is 0 Å². The maximum atomic E-state index is 4.72. The Labute approximate surface area is 700 Å². The zero-order valence-corrected chi connectivity index (χ0v) is 76.2. The van der Waals surface area contributed by atoms with Gasteiger partial charge in [-0.15, -0.1) is 0 Å². The number of aryl methyl sites for hydroxylation is 15. The van der Waals surface area contributed by atoms with Gasteiger partial charge < -0.3 is 0 Å². The SMILES string of the molecule is Cc1cc(C)c(C)c(-c2ccc3c(C(C)C)cccc3[n+]2C)c1.Cc1cc(C)c(C)c(-c2ccc3ncc(C(C)C)cc3[n+]2C)c1.Cc1cc(C)c(C)c(-c2ccc3ncc(CC(C)C)cc3[n+]2C)c1.Cc1cc(C)c(C)c(-c2cnc3ccc(C(C)C)cc3[n+]2C)c1.Cc1cc(C)c(C)c(-c2cnc3ccc(CC(C)C)cc3[n+]2C)c1. The van der Waals surface area contributed by atoms with Gasteiger partial charge in [0.1, 0.15) is 69.7 Å². The predicted octanol–water partition coefficient (Wildman–Crippen LogP) is 24.6. The van der Waals surface area contributed by atoms with E-state index in [4.69, 9.17) is 9.97 Å². The molecule has 0 radical (unpaired) electrons. The lowest BCUT2D eigenvalue weighted by Gasteiger charge is -2.12. The van der Waals surface area contributed by atoms with E-state index in [1.165, 1.54) is 201 Å². The van der Waals surface area contributed by atoms with Crippen LogP contribution in [0.25, 0.3) is 111 Å². The van der Waals surface area contributed by atoms with Gasteiger partial charge in [-0.05, 0) is 290 Å². The number of pyridine rings is 5. The van der Waals surface area contributed by atoms with E-state index in [9.17, 15) is 0 Å². The van der Waals surface area contributed by atoms with Crippen molar-refractivity contribution in [3.63, 3.8) is 0 Å². The molecule has 602 valence electrons. The summed E-state index contributed by atoms with van der Waals surface area (Å²) >= 11 is 0. The summed E-state index contributed by atoms with van der Waals surface area (Å²) in [5.41, 5.74) is 49.5. The summed E-state index contributed by atoms with van der Waals surface area (Å²) in [6, 6.07) is 60.3. The third-order valence-corrected chi connectivity index (χ3v) is 24.2. The van der Waals surface area contributed by atoms with Crippen LogP contribution in [0.3, 0.4) is 0 Å². The zero-order valence-electron chi connectivity index (χ0n) is 76.2. The summed E-state index contributed by atoms with van der Waals surface area (Å²) in [7, 11) is 10.8. The molecule has 117 heavy (non-hydrogen) atoms. The van der Waals surface area contributed by atoms with Gasteiger partial charge in [-0.3, -0.25) is 0 Å². The molecule has 0 spiro atoms. The summed E-state index contributed by atoms with van der Waals surface area (Å²) in [4.78, 5) is 18.7. The number of hydrogen-bond acceptors (Lipinski definition) is 4. The molecule has 15 aromatic rings. The third kappa shape index (κ3) is 19.3. The average Bonchev–Trinajstić information content (AvgIpc) is 0.790. The van der Waals surface area contributed by atoms with Crippen LogP contribution in [0.4, 0.5) is 0 Å². The molecule has 0 fully saturated rings. The van der Waals surface area contributed by atoms with Crippen molar-refractivity contribution >= 4 is 55.0 Å². The molecule has 9 nitrogen and oxygen atoms in total. The van der Waals surface area contributed by atoms with Crippen LogP contribution >= 0.6 is 0 Å². The molecule has 0 aliphatic rings. The van der Waals surface area contributed by atoms with Crippen LogP contribution < -0.4 is 22.8 Å². The number of fused-ring (bicyclic) bond motifs is 5. The summed E-state index contributed by atoms with van der Waals surface area (Å²) in [6.07, 6.45) is 10.2. The fourth-order valence-electron chi connectivity index (χ4n) is 16.8. The Balaban J connectivity index is 0.000000144. The van der Waals surface area contributed by atoms with Gasteiger partial charge in [-0.25, -0.2) is 19.9 Å². The highest BCUT2D eigenvalue weighted by atomic mass is 15.0. The molecule has 9 heteroatoms. The van der Waals surface area contributed by atoms with Crippen molar-refractivity contribution in [3.05, 3.63) is 300 Å². The Morgan fingerprint density at radius 3 is 0.949 bits per heavy atom. The van der Waals surface area contributed by atoms with Gasteiger partial charge in [-0.2, -0.15) is 22.8 Å². The van der Waals surface area contributed by atoms with E-state index in [1.807, 2.05) is 24.8 Å². The first-order chi connectivity index (χ1) is 55.4. The van der Waals surface area contributed by atoms with Gasteiger partial charge in [0.25, 0.3) is 0 Å². The molecule has 0 amide bonds. The molecule has 7 aromatic heterocycles. The van der Waals surface area contributed by atoms with Crippen molar-refractivity contribution < 1.29 is 22.8 Å². The first-order valence-corrected chi connectivity index (χ1v) is 42.3. The highest BCUT2D eigenvalue weighted by Crippen LogP contribution is 2.34. The molecule has 0 N–H and O–H groups in total. The number of benzene rings is 8. The Kier molecular flexibility index (Phi) is 27.2. The van der Waals surface area contributed by atoms with E-state index in [0.717, 1.165) is 34.9 Å². The lowest BCUT2D eigenvalue weighted by molar-refractivity contribution is -0.634. The summed E-state index contributed by atoms with van der Waals surface area (Å²) in [5, 5.41) is 1.36. The topological polar surface area (TPSA) is 71.0 Å². The number of rotatable bonds is 12. The molecule has 0 aliphatic carbocycles. The van der Waals surface area contributed by atoms with Crippen LogP contribution in [0.15, 0.2) is 189 Å². The Hall–Kier alpha value is -11.0. The Bertz CT molecular complexity index is 5850. The fourth-order valence-corrected chi connectivity index (χ4v) is 16.8. The van der Waals surface area contributed by atoms with Crippen LogP contribution in [-0.4, -0.2) is 19.9 Å². The highest BCUT2D eigenvalue weighted by molar-refractivity contribution is 5.83. The van der Waals surface area contributed by atoms with Gasteiger partial charge in [0.15, 0.2) is 0 Å². The summed E-state index contributed by atoms with van der Waals surface area (Å²) < 4.78 is 11.5. The number of nitrogens with zero attached hydrogens (tertiary/aromatic N) is 9. The van der Waals surface area contributed by atoms with E-state index in [1.54, 1.807) is 0 Å². The summed E-state index contributed by atoms with van der Waals surface area (Å²) in [6.45, 7) is 55.2. The largest absolute Gasteiger partial charge is 0.250 e. The van der Waals surface area contributed by atoms with Crippen LogP contribution in [-0.2, 0) is 48.1 Å². The van der Waals surface area contributed by atoms with Gasteiger partial charge in [0.05, 0.1) is 11.1 Å². The first-order valence-electron chi connectivity index (χ1n) is 42.3. The lowest BCUT2D eigenvalue weighted by Crippen LogP contribution is -2.33. The Morgan fingerprint density at radius 2 is 0.564 bits per heavy atom. The Morgan fingerprint density at radius 1 is 0.256 bits per heavy atom. The molecule has 15 rings (SSSR count). The molecule has 0 aliphatic heterocycles. The van der Waals surface area contributed by atoms with Gasteiger partial charge in [0, 0.05) is 83.0 Å². The van der Waals surface area contributed by atoms with Crippen molar-refractivity contribution in [2.24, 2.45) is 47.1 Å². The zero-order chi connectivity index (χ0) is 85.0. The summed E-state index contributed by atoms with van der Waals surface area (Å²) in [5.74, 6) is 2.84. The van der Waals surface area contributed by atoms with Crippen LogP contribution in [0.1, 0.15) is 198 Å². The minimum atomic E-state index is 0.485. The standard InChI is InChI=1S/2C22H27N2.C22H26N.2C21H25N2/c1-14(2)9-18-12-22-20(23-13-18)7-8-21(24(22)6)19-11-15(3)10-16(4)17(19)5;1-14(2)9-18-7-8-20-21(12-18)24(6)22(13-23-20)19-11-15(3)10-16(4)17(19)5;1-14(2)18-8-7-9-21-19(18)10-11-22(23(21)6)20-13-15(3)12-16(4)17(20)5;1-13(2)17-11-21-19(22-12-17)7-8-20(23(21)6)18-10-14(3)9-15(4)16(18)5;1-13(2)17-7-8-19-20(11-17)23(6)21(12-22-19)18-10-14(3)9-15(4)16(18)5/h2*7-8,10-14H,9H2,1-6H3;7-14H,1-6H3;2*7-13H,1-6H3/q5*+1. The molecule has 0 atom stereocenters. The molecular weight excluding hydrogens is 1420 g/mol. The fraction of sp³-hybridized carbons (Fsp3) is 0.343. The van der Waals surface area contributed by atoms with E-state index >= 15 is 0 Å². The van der Waals surface area contributed by atoms with Gasteiger partial charge in [0.2, 0.25) is 56.1 Å². The molecule has 0 unspecified atom stereocenters. The van der Waals surface area contributed by atoms with E-state index < -0.39 is 0 Å². The quantitative estimate of drug-likeness (QED) is 0.114. The van der Waals surface area contributed by atoms with Crippen LogP contribution in [0, 0.1) is 116 Å². The highest BCUT2D eigenvalue weighted by Gasteiger charge is 2.26. The minimum absolute atomic E-state index is 0.485. The molecular formula is C108H130N9+5. The second-order valence-corrected chi connectivity index (χ2v) is 35.4. The monoisotopic (exact) mass is 1550 g/mol. The van der Waals surface area contributed by atoms with Crippen LogP contribution in [0.2, 0.25) is 0 Å². The molecule has 0 bridgehead atoms. The third-order valence-electron chi connectivity index (χ3n) is 24.2. The average molecular weight is 1550 g/mol. The number of aromatic nitrogens is 9. The minimum Gasteiger partial charge on any atom is -0.250 e. The van der Waals surface area contributed by atoms with Crippen molar-refractivity contribution in [2.75, 3.05) is 0 Å². The second kappa shape index (κ2) is 36.6. The maximum absolute atomic E-state index is 4.72. The first kappa shape index (κ1) is 86.8. The van der Waals surface area contributed by atoms with E-state index in [0.29, 0.717) is 29.6 Å². The van der Waals surface area contributed by atoms with E-state index in [2.05, 4.69) is 405 Å². The lowest BCUT2D eigenvalue weighted by atomic mass is 9.95.